The van der Waals surface area contributed by atoms with Crippen molar-refractivity contribution in [2.75, 3.05) is 6.61 Å². The molecule has 1 N–H and O–H groups in total. The molecule has 0 saturated carbocycles. The molecule has 0 amide bonds. The van der Waals surface area contributed by atoms with Crippen LogP contribution in [0.25, 0.3) is 0 Å². The molecule has 1 aromatic heterocycles. The van der Waals surface area contributed by atoms with Gasteiger partial charge in [0, 0.05) is 6.54 Å². The highest BCUT2D eigenvalue weighted by Crippen LogP contribution is 2.17. The van der Waals surface area contributed by atoms with Gasteiger partial charge >= 0.3 is 5.97 Å². The largest absolute Gasteiger partial charge is 0.494 e. The normalized spacial score (nSPS) is 10.1. The second-order valence-corrected chi connectivity index (χ2v) is 4.07. The van der Waals surface area contributed by atoms with Gasteiger partial charge in [-0.3, -0.25) is 9.36 Å². The molecular weight excluding hydrogens is 222 g/mol. The van der Waals surface area contributed by atoms with Crippen LogP contribution in [0.15, 0.2) is 5.38 Å². The summed E-state index contributed by atoms with van der Waals surface area (Å²) in [5, 5.41) is 10.9. The van der Waals surface area contributed by atoms with Crippen LogP contribution in [0.2, 0.25) is 0 Å². The number of rotatable bonds is 4. The van der Waals surface area contributed by atoms with Crippen LogP contribution in [0.5, 0.6) is 5.88 Å². The molecule has 1 rings (SSSR count). The number of hydrogen-bond donors (Lipinski definition) is 1. The quantitative estimate of drug-likeness (QED) is 0.638. The minimum atomic E-state index is -0.278. The number of aromatic hydroxyl groups is 1. The zero-order valence-electron chi connectivity index (χ0n) is 7.73. The van der Waals surface area contributed by atoms with Crippen molar-refractivity contribution in [3.8, 4) is 5.88 Å². The highest BCUT2D eigenvalue weighted by atomic mass is 32.1. The van der Waals surface area contributed by atoms with Crippen molar-refractivity contribution in [3.05, 3.63) is 9.33 Å². The van der Waals surface area contributed by atoms with E-state index < -0.39 is 0 Å². The molecule has 14 heavy (non-hydrogen) atoms. The summed E-state index contributed by atoms with van der Waals surface area (Å²) >= 11 is 6.23. The first kappa shape index (κ1) is 11.2. The van der Waals surface area contributed by atoms with Crippen LogP contribution in [-0.4, -0.2) is 22.2 Å². The summed E-state index contributed by atoms with van der Waals surface area (Å²) in [6, 6.07) is 0. The molecule has 1 heterocycles. The summed E-state index contributed by atoms with van der Waals surface area (Å²) in [7, 11) is 0. The molecule has 1 aromatic rings. The molecule has 0 aliphatic rings. The predicted molar refractivity (Wildman–Crippen MR) is 56.1 cm³/mol. The first-order valence-corrected chi connectivity index (χ1v) is 5.47. The average Bonchev–Trinajstić information content (AvgIpc) is 2.44. The van der Waals surface area contributed by atoms with Gasteiger partial charge in [-0.05, 0) is 19.1 Å². The van der Waals surface area contributed by atoms with Crippen LogP contribution in [0.1, 0.15) is 13.3 Å². The highest BCUT2D eigenvalue weighted by molar-refractivity contribution is 7.73. The predicted octanol–water partition coefficient (Wildman–Crippen LogP) is 1.94. The minimum Gasteiger partial charge on any atom is -0.494 e. The number of ether oxygens (including phenoxy) is 1. The van der Waals surface area contributed by atoms with E-state index in [2.05, 4.69) is 0 Å². The third-order valence-corrected chi connectivity index (χ3v) is 2.87. The fourth-order valence-corrected chi connectivity index (χ4v) is 1.94. The number of hydrogen-bond acceptors (Lipinski definition) is 5. The molecule has 0 bridgehead atoms. The van der Waals surface area contributed by atoms with E-state index in [4.69, 9.17) is 17.0 Å². The lowest BCUT2D eigenvalue weighted by molar-refractivity contribution is -0.143. The van der Waals surface area contributed by atoms with Crippen LogP contribution < -0.4 is 0 Å². The maximum Gasteiger partial charge on any atom is 0.307 e. The van der Waals surface area contributed by atoms with E-state index in [1.54, 1.807) is 12.3 Å². The third kappa shape index (κ3) is 2.81. The molecule has 0 aromatic carbocycles. The summed E-state index contributed by atoms with van der Waals surface area (Å²) in [5.74, 6) is -0.177. The number of esters is 1. The van der Waals surface area contributed by atoms with Crippen molar-refractivity contribution in [1.82, 2.24) is 4.57 Å². The second-order valence-electron chi connectivity index (χ2n) is 2.57. The lowest BCUT2D eigenvalue weighted by Gasteiger charge is -2.03. The summed E-state index contributed by atoms with van der Waals surface area (Å²) in [4.78, 5) is 11.0. The molecule has 0 saturated heterocycles. The fourth-order valence-electron chi connectivity index (χ4n) is 0.966. The summed E-state index contributed by atoms with van der Waals surface area (Å²) < 4.78 is 6.83. The summed E-state index contributed by atoms with van der Waals surface area (Å²) in [5.41, 5.74) is 0. The molecular formula is C8H11NO3S2. The number of aromatic nitrogens is 1. The van der Waals surface area contributed by atoms with Crippen LogP contribution in [0.3, 0.4) is 0 Å². The van der Waals surface area contributed by atoms with E-state index in [-0.39, 0.29) is 18.3 Å². The molecule has 0 unspecified atom stereocenters. The molecule has 0 fully saturated rings. The van der Waals surface area contributed by atoms with Crippen LogP contribution in [0.4, 0.5) is 0 Å². The van der Waals surface area contributed by atoms with E-state index in [9.17, 15) is 9.90 Å². The molecule has 0 radical (unpaired) electrons. The topological polar surface area (TPSA) is 51.5 Å². The van der Waals surface area contributed by atoms with Gasteiger partial charge in [-0.15, -0.1) is 11.3 Å². The maximum absolute atomic E-state index is 11.0. The maximum atomic E-state index is 11.0. The van der Waals surface area contributed by atoms with Gasteiger partial charge in [0.2, 0.25) is 5.88 Å². The van der Waals surface area contributed by atoms with E-state index in [0.29, 0.717) is 17.1 Å². The van der Waals surface area contributed by atoms with Crippen molar-refractivity contribution in [2.45, 2.75) is 19.9 Å². The Morgan fingerprint density at radius 1 is 1.79 bits per heavy atom. The molecule has 78 valence electrons. The monoisotopic (exact) mass is 233 g/mol. The molecule has 0 aliphatic heterocycles. The minimum absolute atomic E-state index is 0.101. The Labute approximate surface area is 90.8 Å². The SMILES string of the molecule is CCOC(=O)CCn1c(O)csc1=S. The van der Waals surface area contributed by atoms with Crippen molar-refractivity contribution in [2.24, 2.45) is 0 Å². The van der Waals surface area contributed by atoms with Gasteiger partial charge in [0.05, 0.1) is 18.4 Å². The summed E-state index contributed by atoms with van der Waals surface area (Å²) in [6.07, 6.45) is 0.229. The lowest BCUT2D eigenvalue weighted by Crippen LogP contribution is -2.08. The number of nitrogens with zero attached hydrogens (tertiary/aromatic N) is 1. The Morgan fingerprint density at radius 2 is 2.50 bits per heavy atom. The van der Waals surface area contributed by atoms with Crippen LogP contribution in [-0.2, 0) is 16.1 Å². The standard InChI is InChI=1S/C8H11NO3S2/c1-2-12-7(11)3-4-9-6(10)5-14-8(9)13/h5,10H,2-4H2,1H3. The molecule has 4 nitrogen and oxygen atoms in total. The Balaban J connectivity index is 2.53. The van der Waals surface area contributed by atoms with Gasteiger partial charge < -0.3 is 9.84 Å². The number of thiazole rings is 1. The average molecular weight is 233 g/mol. The van der Waals surface area contributed by atoms with E-state index >= 15 is 0 Å². The van der Waals surface area contributed by atoms with E-state index in [1.807, 2.05) is 0 Å². The number of carbonyl (C=O) groups is 1. The van der Waals surface area contributed by atoms with E-state index in [1.165, 1.54) is 15.9 Å². The smallest absolute Gasteiger partial charge is 0.307 e. The van der Waals surface area contributed by atoms with Gasteiger partial charge in [0.15, 0.2) is 3.95 Å². The third-order valence-electron chi connectivity index (χ3n) is 1.61. The van der Waals surface area contributed by atoms with Gasteiger partial charge in [-0.2, -0.15) is 0 Å². The first-order chi connectivity index (χ1) is 6.65. The zero-order chi connectivity index (χ0) is 10.6. The van der Waals surface area contributed by atoms with Crippen molar-refractivity contribution < 1.29 is 14.6 Å². The fraction of sp³-hybridized carbons (Fsp3) is 0.500. The Kier molecular flexibility index (Phi) is 4.09. The number of carbonyl (C=O) groups excluding carboxylic acids is 1. The highest BCUT2D eigenvalue weighted by Gasteiger charge is 2.06. The molecule has 0 atom stereocenters. The summed E-state index contributed by atoms with van der Waals surface area (Å²) in [6.45, 7) is 2.50. The Hall–Kier alpha value is -0.880. The molecule has 0 aliphatic carbocycles. The van der Waals surface area contributed by atoms with E-state index in [0.717, 1.165) is 0 Å². The zero-order valence-corrected chi connectivity index (χ0v) is 9.36. The van der Waals surface area contributed by atoms with Gasteiger partial charge in [-0.25, -0.2) is 0 Å². The molecule has 0 spiro atoms. The Morgan fingerprint density at radius 3 is 3.00 bits per heavy atom. The van der Waals surface area contributed by atoms with Gasteiger partial charge in [0.1, 0.15) is 0 Å². The molecule has 6 heteroatoms. The second kappa shape index (κ2) is 5.11. The van der Waals surface area contributed by atoms with Crippen LogP contribution >= 0.6 is 23.6 Å². The Bertz CT molecular complexity index is 369. The van der Waals surface area contributed by atoms with Gasteiger partial charge in [0.25, 0.3) is 0 Å². The van der Waals surface area contributed by atoms with Crippen molar-refractivity contribution >= 4 is 29.5 Å². The van der Waals surface area contributed by atoms with Crippen molar-refractivity contribution in [1.29, 1.82) is 0 Å². The van der Waals surface area contributed by atoms with Crippen LogP contribution in [0, 0.1) is 3.95 Å². The lowest BCUT2D eigenvalue weighted by atomic mass is 10.4. The van der Waals surface area contributed by atoms with Gasteiger partial charge in [-0.1, -0.05) is 0 Å². The van der Waals surface area contributed by atoms with Crippen molar-refractivity contribution in [3.63, 3.8) is 0 Å². The first-order valence-electron chi connectivity index (χ1n) is 4.18.